The summed E-state index contributed by atoms with van der Waals surface area (Å²) in [6.45, 7) is 3.39. The van der Waals surface area contributed by atoms with Crippen LogP contribution >= 0.6 is 11.6 Å². The predicted octanol–water partition coefficient (Wildman–Crippen LogP) is 4.24. The van der Waals surface area contributed by atoms with Gasteiger partial charge in [-0.05, 0) is 48.7 Å². The lowest BCUT2D eigenvalue weighted by Gasteiger charge is -2.37. The molecule has 0 aromatic heterocycles. The van der Waals surface area contributed by atoms with Crippen molar-refractivity contribution < 1.29 is 13.2 Å². The van der Waals surface area contributed by atoms with Crippen LogP contribution in [0.3, 0.4) is 0 Å². The number of halogens is 1. The molecule has 2 fully saturated rings. The van der Waals surface area contributed by atoms with E-state index in [1.54, 1.807) is 48.6 Å². The molecule has 4 rings (SSSR count). The van der Waals surface area contributed by atoms with Crippen molar-refractivity contribution in [3.05, 3.63) is 65.2 Å². The van der Waals surface area contributed by atoms with Gasteiger partial charge in [0.25, 0.3) is 10.0 Å². The van der Waals surface area contributed by atoms with Crippen LogP contribution in [0.1, 0.15) is 31.2 Å². The number of hydrogen-bond acceptors (Lipinski definition) is 4. The maximum Gasteiger partial charge on any atom is 0.261 e. The molecule has 170 valence electrons. The Labute approximate surface area is 194 Å². The number of carbonyl (C=O) groups is 1. The van der Waals surface area contributed by atoms with Gasteiger partial charge in [-0.1, -0.05) is 48.7 Å². The summed E-state index contributed by atoms with van der Waals surface area (Å²) in [6.07, 6.45) is 8.51. The van der Waals surface area contributed by atoms with Crippen molar-refractivity contribution in [3.63, 3.8) is 0 Å². The van der Waals surface area contributed by atoms with E-state index in [0.717, 1.165) is 31.7 Å². The lowest BCUT2D eigenvalue weighted by atomic mass is 10.1. The molecule has 1 heterocycles. The lowest BCUT2D eigenvalue weighted by molar-refractivity contribution is -0.127. The molecular formula is C24H28ClN3O3S. The molecule has 0 bridgehead atoms. The second kappa shape index (κ2) is 10.1. The van der Waals surface area contributed by atoms with Crippen LogP contribution < -0.4 is 4.72 Å². The van der Waals surface area contributed by atoms with Gasteiger partial charge in [-0.3, -0.25) is 14.4 Å². The minimum atomic E-state index is -3.75. The number of rotatable bonds is 6. The van der Waals surface area contributed by atoms with Crippen LogP contribution in [-0.2, 0) is 14.8 Å². The largest absolute Gasteiger partial charge is 0.337 e. The molecule has 1 amide bonds. The molecule has 0 unspecified atom stereocenters. The summed E-state index contributed by atoms with van der Waals surface area (Å²) < 4.78 is 27.7. The number of piperazine rings is 1. The Morgan fingerprint density at radius 3 is 2.28 bits per heavy atom. The summed E-state index contributed by atoms with van der Waals surface area (Å²) in [7, 11) is -3.75. The van der Waals surface area contributed by atoms with E-state index in [0.29, 0.717) is 16.8 Å². The first-order valence-corrected chi connectivity index (χ1v) is 12.9. The molecule has 32 heavy (non-hydrogen) atoms. The fourth-order valence-electron chi connectivity index (χ4n) is 4.36. The number of nitrogens with one attached hydrogen (secondary N) is 1. The van der Waals surface area contributed by atoms with Crippen molar-refractivity contribution in [1.82, 2.24) is 9.80 Å². The third kappa shape index (κ3) is 5.52. The summed E-state index contributed by atoms with van der Waals surface area (Å²) in [5.41, 5.74) is 1.09. The van der Waals surface area contributed by atoms with Gasteiger partial charge in [0, 0.05) is 38.3 Å². The number of nitrogens with zero attached hydrogens (tertiary/aromatic N) is 2. The van der Waals surface area contributed by atoms with Crippen molar-refractivity contribution in [2.24, 2.45) is 0 Å². The zero-order valence-corrected chi connectivity index (χ0v) is 19.5. The van der Waals surface area contributed by atoms with Gasteiger partial charge in [0.1, 0.15) is 0 Å². The Morgan fingerprint density at radius 1 is 0.969 bits per heavy atom. The fourth-order valence-corrected chi connectivity index (χ4v) is 5.67. The minimum absolute atomic E-state index is 0.00634. The molecule has 2 aromatic carbocycles. The lowest BCUT2D eigenvalue weighted by Crippen LogP contribution is -2.51. The molecule has 1 aliphatic heterocycles. The Kier molecular flexibility index (Phi) is 7.18. The summed E-state index contributed by atoms with van der Waals surface area (Å²) in [4.78, 5) is 17.1. The second-order valence-corrected chi connectivity index (χ2v) is 10.4. The highest BCUT2D eigenvalue weighted by Gasteiger charge is 2.27. The molecule has 0 atom stereocenters. The van der Waals surface area contributed by atoms with Gasteiger partial charge in [0.2, 0.25) is 5.91 Å². The highest BCUT2D eigenvalue weighted by Crippen LogP contribution is 2.25. The molecular weight excluding hydrogens is 446 g/mol. The summed E-state index contributed by atoms with van der Waals surface area (Å²) >= 11 is 6.04. The predicted molar refractivity (Wildman–Crippen MR) is 128 cm³/mol. The topological polar surface area (TPSA) is 69.7 Å². The highest BCUT2D eigenvalue weighted by atomic mass is 35.5. The molecule has 2 aliphatic rings. The third-order valence-electron chi connectivity index (χ3n) is 6.19. The Bertz CT molecular complexity index is 1070. The number of hydrogen-bond donors (Lipinski definition) is 1. The normalized spacial score (nSPS) is 18.3. The monoisotopic (exact) mass is 473 g/mol. The second-order valence-electron chi connectivity index (χ2n) is 8.29. The van der Waals surface area contributed by atoms with Crippen molar-refractivity contribution in [1.29, 1.82) is 0 Å². The quantitative estimate of drug-likeness (QED) is 0.637. The van der Waals surface area contributed by atoms with Crippen LogP contribution in [0.4, 0.5) is 5.69 Å². The number of para-hydroxylation sites is 1. The highest BCUT2D eigenvalue weighted by molar-refractivity contribution is 7.92. The Hall–Kier alpha value is -2.35. The zero-order valence-electron chi connectivity index (χ0n) is 17.9. The van der Waals surface area contributed by atoms with E-state index in [1.165, 1.54) is 37.8 Å². The smallest absolute Gasteiger partial charge is 0.261 e. The molecule has 1 saturated heterocycles. The van der Waals surface area contributed by atoms with E-state index in [4.69, 9.17) is 11.6 Å². The summed E-state index contributed by atoms with van der Waals surface area (Å²) in [6, 6.07) is 13.8. The molecule has 6 nitrogen and oxygen atoms in total. The standard InChI is InChI=1S/C24H28ClN3O3S/c25-22-7-3-4-8-23(22)26-32(30,31)21-12-9-19(10-13-21)11-14-24(29)28-17-15-27(16-18-28)20-5-1-2-6-20/h3-4,7-14,20,26H,1-2,5-6,15-18H2/b14-11+. The molecule has 0 spiro atoms. The van der Waals surface area contributed by atoms with E-state index in [2.05, 4.69) is 9.62 Å². The third-order valence-corrected chi connectivity index (χ3v) is 7.90. The number of amides is 1. The van der Waals surface area contributed by atoms with Gasteiger partial charge >= 0.3 is 0 Å². The maximum absolute atomic E-state index is 12.6. The Morgan fingerprint density at radius 2 is 1.62 bits per heavy atom. The van der Waals surface area contributed by atoms with Crippen LogP contribution in [-0.4, -0.2) is 56.3 Å². The van der Waals surface area contributed by atoms with Crippen LogP contribution in [0.2, 0.25) is 5.02 Å². The molecule has 8 heteroatoms. The van der Waals surface area contributed by atoms with E-state index < -0.39 is 10.0 Å². The first kappa shape index (κ1) is 22.8. The van der Waals surface area contributed by atoms with Crippen molar-refractivity contribution in [2.75, 3.05) is 30.9 Å². The van der Waals surface area contributed by atoms with Crippen LogP contribution in [0.15, 0.2) is 59.5 Å². The maximum atomic E-state index is 12.6. The molecule has 1 aliphatic carbocycles. The van der Waals surface area contributed by atoms with Crippen molar-refractivity contribution >= 4 is 39.3 Å². The van der Waals surface area contributed by atoms with Crippen molar-refractivity contribution in [2.45, 2.75) is 36.6 Å². The van der Waals surface area contributed by atoms with Gasteiger partial charge in [0.05, 0.1) is 15.6 Å². The molecule has 0 radical (unpaired) electrons. The van der Waals surface area contributed by atoms with Gasteiger partial charge in [-0.15, -0.1) is 0 Å². The average Bonchev–Trinajstić information content (AvgIpc) is 3.34. The SMILES string of the molecule is O=C(/C=C/c1ccc(S(=O)(=O)Nc2ccccc2Cl)cc1)N1CCN(C2CCCC2)CC1. The number of sulfonamides is 1. The van der Waals surface area contributed by atoms with Gasteiger partial charge < -0.3 is 4.90 Å². The first-order chi connectivity index (χ1) is 15.4. The van der Waals surface area contributed by atoms with Gasteiger partial charge in [0.15, 0.2) is 0 Å². The number of benzene rings is 2. The van der Waals surface area contributed by atoms with E-state index >= 15 is 0 Å². The summed E-state index contributed by atoms with van der Waals surface area (Å²) in [5.74, 6) is -0.00634. The van der Waals surface area contributed by atoms with Crippen molar-refractivity contribution in [3.8, 4) is 0 Å². The van der Waals surface area contributed by atoms with Crippen LogP contribution in [0, 0.1) is 0 Å². The van der Waals surface area contributed by atoms with E-state index in [9.17, 15) is 13.2 Å². The Balaban J connectivity index is 1.33. The van der Waals surface area contributed by atoms with Crippen LogP contribution in [0.5, 0.6) is 0 Å². The van der Waals surface area contributed by atoms with E-state index in [-0.39, 0.29) is 10.8 Å². The zero-order chi connectivity index (χ0) is 22.6. The number of carbonyl (C=O) groups excluding carboxylic acids is 1. The summed E-state index contributed by atoms with van der Waals surface area (Å²) in [5, 5.41) is 0.332. The minimum Gasteiger partial charge on any atom is -0.337 e. The van der Waals surface area contributed by atoms with Crippen LogP contribution in [0.25, 0.3) is 6.08 Å². The molecule has 2 aromatic rings. The van der Waals surface area contributed by atoms with Gasteiger partial charge in [-0.25, -0.2) is 8.42 Å². The number of anilines is 1. The molecule has 1 N–H and O–H groups in total. The van der Waals surface area contributed by atoms with Gasteiger partial charge in [-0.2, -0.15) is 0 Å². The first-order valence-electron chi connectivity index (χ1n) is 11.0. The van der Waals surface area contributed by atoms with E-state index in [1.807, 2.05) is 4.90 Å². The average molecular weight is 474 g/mol. The fraction of sp³-hybridized carbons (Fsp3) is 0.375. The molecule has 1 saturated carbocycles.